The van der Waals surface area contributed by atoms with Crippen molar-refractivity contribution >= 4 is 17.2 Å². The molecule has 1 aliphatic heterocycles. The number of anilines is 1. The zero-order chi connectivity index (χ0) is 22.1. The molecule has 0 radical (unpaired) electrons. The van der Waals surface area contributed by atoms with Gasteiger partial charge in [0.2, 0.25) is 0 Å². The minimum atomic E-state index is -0.171. The first-order chi connectivity index (χ1) is 14.9. The van der Waals surface area contributed by atoms with Gasteiger partial charge in [-0.25, -0.2) is 4.98 Å². The Morgan fingerprint density at radius 2 is 2.00 bits per heavy atom. The smallest absolute Gasteiger partial charge is 0.253 e. The van der Waals surface area contributed by atoms with Gasteiger partial charge in [0, 0.05) is 37.6 Å². The lowest BCUT2D eigenvalue weighted by Crippen LogP contribution is -2.41. The van der Waals surface area contributed by atoms with E-state index in [-0.39, 0.29) is 25.1 Å². The summed E-state index contributed by atoms with van der Waals surface area (Å²) in [7, 11) is 0. The van der Waals surface area contributed by atoms with E-state index in [1.165, 1.54) is 16.7 Å². The maximum atomic E-state index is 12.9. The maximum Gasteiger partial charge on any atom is 0.253 e. The number of aromatic nitrogens is 2. The second kappa shape index (κ2) is 8.69. The molecule has 4 rings (SSSR count). The van der Waals surface area contributed by atoms with Crippen molar-refractivity contribution in [2.45, 2.75) is 46.7 Å². The van der Waals surface area contributed by atoms with Crippen LogP contribution in [0.4, 0.5) is 5.69 Å². The predicted octanol–water partition coefficient (Wildman–Crippen LogP) is 2.42. The van der Waals surface area contributed by atoms with Gasteiger partial charge in [-0.15, -0.1) is 0 Å². The number of hydrogen-bond donors (Lipinski definition) is 4. The van der Waals surface area contributed by atoms with Crippen molar-refractivity contribution in [1.82, 2.24) is 20.0 Å². The Balaban J connectivity index is 1.65. The quantitative estimate of drug-likeness (QED) is 0.491. The molecule has 1 unspecified atom stereocenters. The van der Waals surface area contributed by atoms with Gasteiger partial charge in [0.05, 0.1) is 23.6 Å². The first-order valence-electron chi connectivity index (χ1n) is 10.8. The van der Waals surface area contributed by atoms with Crippen molar-refractivity contribution in [1.29, 1.82) is 0 Å². The number of benzene rings is 1. The van der Waals surface area contributed by atoms with E-state index >= 15 is 0 Å². The number of aryl methyl sites for hydroxylation is 4. The molecule has 1 aliphatic rings. The Bertz CT molecular complexity index is 1110. The van der Waals surface area contributed by atoms with Gasteiger partial charge in [-0.3, -0.25) is 4.79 Å². The van der Waals surface area contributed by atoms with Crippen molar-refractivity contribution in [2.75, 3.05) is 25.0 Å². The first-order valence-corrected chi connectivity index (χ1v) is 10.8. The number of nitrogens with zero attached hydrogens (tertiary/aromatic N) is 2. The summed E-state index contributed by atoms with van der Waals surface area (Å²) in [5.41, 5.74) is 9.25. The third-order valence-electron chi connectivity index (χ3n) is 6.33. The molecule has 0 saturated heterocycles. The van der Waals surface area contributed by atoms with Crippen molar-refractivity contribution in [3.8, 4) is 0 Å². The van der Waals surface area contributed by atoms with E-state index in [9.17, 15) is 4.79 Å². The number of carbonyl (C=O) groups is 1. The lowest BCUT2D eigenvalue weighted by atomic mass is 9.95. The molecule has 31 heavy (non-hydrogen) atoms. The highest BCUT2D eigenvalue weighted by Gasteiger charge is 2.27. The van der Waals surface area contributed by atoms with Gasteiger partial charge in [-0.05, 0) is 56.4 Å². The van der Waals surface area contributed by atoms with E-state index in [2.05, 4.69) is 48.0 Å². The summed E-state index contributed by atoms with van der Waals surface area (Å²) in [6.45, 7) is 9.97. The average Bonchev–Trinajstić information content (AvgIpc) is 3.04. The number of hydrogen-bond acceptors (Lipinski definition) is 5. The second-order valence-electron chi connectivity index (χ2n) is 8.39. The SMILES string of the molecule is Cc1cccc(C)c1CNC1CNc2c(c(C(=O)NCCO)cn3c(C)c(C)nc23)C1. The fourth-order valence-electron chi connectivity index (χ4n) is 4.36. The number of carbonyl (C=O) groups excluding carboxylic acids is 1. The highest BCUT2D eigenvalue weighted by atomic mass is 16.3. The summed E-state index contributed by atoms with van der Waals surface area (Å²) >= 11 is 0. The van der Waals surface area contributed by atoms with Crippen LogP contribution in [0.2, 0.25) is 0 Å². The molecular weight excluding hydrogens is 390 g/mol. The van der Waals surface area contributed by atoms with Crippen LogP contribution in [0.5, 0.6) is 0 Å². The van der Waals surface area contributed by atoms with Gasteiger partial charge in [0.15, 0.2) is 5.65 Å². The molecule has 0 spiro atoms. The van der Waals surface area contributed by atoms with Crippen LogP contribution in [0, 0.1) is 27.7 Å². The normalized spacial score (nSPS) is 15.6. The summed E-state index contributed by atoms with van der Waals surface area (Å²) in [5, 5.41) is 19.1. The third kappa shape index (κ3) is 4.03. The zero-order valence-electron chi connectivity index (χ0n) is 18.7. The number of imidazole rings is 1. The Labute approximate surface area is 182 Å². The number of pyridine rings is 1. The number of fused-ring (bicyclic) bond motifs is 3. The van der Waals surface area contributed by atoms with E-state index in [0.717, 1.165) is 47.8 Å². The third-order valence-corrected chi connectivity index (χ3v) is 6.33. The summed E-state index contributed by atoms with van der Waals surface area (Å²) < 4.78 is 1.99. The van der Waals surface area contributed by atoms with Crippen LogP contribution < -0.4 is 16.0 Å². The van der Waals surface area contributed by atoms with Gasteiger partial charge < -0.3 is 25.5 Å². The van der Waals surface area contributed by atoms with Crippen LogP contribution in [0.15, 0.2) is 24.4 Å². The number of aliphatic hydroxyl groups is 1. The molecule has 0 saturated carbocycles. The van der Waals surface area contributed by atoms with Crippen molar-refractivity contribution in [3.63, 3.8) is 0 Å². The number of rotatable bonds is 6. The molecule has 4 N–H and O–H groups in total. The van der Waals surface area contributed by atoms with E-state index in [4.69, 9.17) is 10.1 Å². The lowest BCUT2D eigenvalue weighted by Gasteiger charge is -2.29. The summed E-state index contributed by atoms with van der Waals surface area (Å²) in [4.78, 5) is 17.6. The van der Waals surface area contributed by atoms with Gasteiger partial charge in [-0.1, -0.05) is 18.2 Å². The standard InChI is InChI=1S/C24H31N5O2/c1-14-6-5-7-15(2)20(14)12-26-18-10-19-21(24(31)25-8-9-30)13-29-17(4)16(3)28-23(29)22(19)27-11-18/h5-7,13,18,26-27,30H,8-12H2,1-4H3,(H,25,31). The molecule has 7 nitrogen and oxygen atoms in total. The molecule has 0 fully saturated rings. The Kier molecular flexibility index (Phi) is 5.98. The van der Waals surface area contributed by atoms with Gasteiger partial charge in [0.1, 0.15) is 0 Å². The van der Waals surface area contributed by atoms with Gasteiger partial charge in [0.25, 0.3) is 5.91 Å². The predicted molar refractivity (Wildman–Crippen MR) is 123 cm³/mol. The van der Waals surface area contributed by atoms with Crippen LogP contribution in [0.3, 0.4) is 0 Å². The van der Waals surface area contributed by atoms with E-state index in [1.54, 1.807) is 0 Å². The molecule has 0 bridgehead atoms. The van der Waals surface area contributed by atoms with Gasteiger partial charge in [-0.2, -0.15) is 0 Å². The highest BCUT2D eigenvalue weighted by Crippen LogP contribution is 2.31. The van der Waals surface area contributed by atoms with Crippen molar-refractivity contribution in [2.24, 2.45) is 0 Å². The van der Waals surface area contributed by atoms with Crippen LogP contribution in [-0.2, 0) is 13.0 Å². The Morgan fingerprint density at radius 3 is 2.71 bits per heavy atom. The summed E-state index contributed by atoms with van der Waals surface area (Å²) in [6.07, 6.45) is 2.61. The van der Waals surface area contributed by atoms with E-state index in [0.29, 0.717) is 5.56 Å². The van der Waals surface area contributed by atoms with Gasteiger partial charge >= 0.3 is 0 Å². The molecule has 1 amide bonds. The maximum absolute atomic E-state index is 12.9. The number of amides is 1. The first kappa shape index (κ1) is 21.3. The minimum absolute atomic E-state index is 0.0857. The van der Waals surface area contributed by atoms with Crippen LogP contribution in [0.1, 0.15) is 44.0 Å². The van der Waals surface area contributed by atoms with E-state index < -0.39 is 0 Å². The molecule has 1 atom stereocenters. The largest absolute Gasteiger partial charge is 0.395 e. The molecule has 1 aromatic carbocycles. The Morgan fingerprint density at radius 1 is 1.26 bits per heavy atom. The number of nitrogens with one attached hydrogen (secondary N) is 3. The average molecular weight is 422 g/mol. The number of aliphatic hydroxyl groups excluding tert-OH is 1. The fraction of sp³-hybridized carbons (Fsp3) is 0.417. The minimum Gasteiger partial charge on any atom is -0.395 e. The molecule has 164 valence electrons. The van der Waals surface area contributed by atoms with Crippen LogP contribution in [-0.4, -0.2) is 46.1 Å². The zero-order valence-corrected chi connectivity index (χ0v) is 18.7. The van der Waals surface area contributed by atoms with Crippen molar-refractivity contribution < 1.29 is 9.90 Å². The molecule has 3 aromatic rings. The van der Waals surface area contributed by atoms with Crippen molar-refractivity contribution in [3.05, 3.63) is 63.6 Å². The highest BCUT2D eigenvalue weighted by molar-refractivity contribution is 5.98. The molecule has 7 heteroatoms. The molecule has 0 aliphatic carbocycles. The summed E-state index contributed by atoms with van der Waals surface area (Å²) in [6, 6.07) is 6.56. The van der Waals surface area contributed by atoms with Crippen LogP contribution >= 0.6 is 0 Å². The summed E-state index contributed by atoms with van der Waals surface area (Å²) in [5.74, 6) is -0.171. The van der Waals surface area contributed by atoms with E-state index in [1.807, 2.05) is 24.4 Å². The topological polar surface area (TPSA) is 90.7 Å². The monoisotopic (exact) mass is 421 g/mol. The second-order valence-corrected chi connectivity index (χ2v) is 8.39. The molecule has 2 aromatic heterocycles. The van der Waals surface area contributed by atoms with Crippen LogP contribution in [0.25, 0.3) is 5.65 Å². The molecular formula is C24H31N5O2. The fourth-order valence-corrected chi connectivity index (χ4v) is 4.36. The lowest BCUT2D eigenvalue weighted by molar-refractivity contribution is 0.0943. The molecule has 3 heterocycles. The Hall–Kier alpha value is -2.90.